The zero-order valence-electron chi connectivity index (χ0n) is 12.8. The minimum absolute atomic E-state index is 0.00918. The van der Waals surface area contributed by atoms with E-state index in [1.807, 2.05) is 30.9 Å². The molecule has 1 N–H and O–H groups in total. The first-order valence-corrected chi connectivity index (χ1v) is 7.61. The lowest BCUT2D eigenvalue weighted by Crippen LogP contribution is -2.43. The second kappa shape index (κ2) is 7.20. The van der Waals surface area contributed by atoms with Crippen molar-refractivity contribution < 1.29 is 9.59 Å². The predicted octanol–water partition coefficient (Wildman–Crippen LogP) is 1.77. The number of rotatable bonds is 4. The van der Waals surface area contributed by atoms with Crippen LogP contribution in [0.1, 0.15) is 42.2 Å². The van der Waals surface area contributed by atoms with Gasteiger partial charge in [-0.05, 0) is 38.3 Å². The fourth-order valence-electron chi connectivity index (χ4n) is 2.51. The molecule has 0 spiro atoms. The highest BCUT2D eigenvalue weighted by Crippen LogP contribution is 2.19. The summed E-state index contributed by atoms with van der Waals surface area (Å²) in [6.45, 7) is 5.94. The number of carbonyl (C=O) groups excluding carboxylic acids is 2. The lowest BCUT2D eigenvalue weighted by molar-refractivity contribution is -0.126. The molecule has 1 fully saturated rings. The van der Waals surface area contributed by atoms with Gasteiger partial charge in [-0.25, -0.2) is 0 Å². The first kappa shape index (κ1) is 15.5. The average Bonchev–Trinajstić information content (AvgIpc) is 2.53. The van der Waals surface area contributed by atoms with Crippen molar-refractivity contribution >= 4 is 11.8 Å². The van der Waals surface area contributed by atoms with Gasteiger partial charge in [0.1, 0.15) is 0 Å². The molecule has 1 aliphatic rings. The summed E-state index contributed by atoms with van der Waals surface area (Å²) in [5.74, 6) is 0.174. The second-order valence-electron chi connectivity index (χ2n) is 5.55. The van der Waals surface area contributed by atoms with Crippen molar-refractivity contribution in [1.82, 2.24) is 15.2 Å². The molecule has 1 aromatic heterocycles. The summed E-state index contributed by atoms with van der Waals surface area (Å²) >= 11 is 0. The van der Waals surface area contributed by atoms with Crippen molar-refractivity contribution in [2.24, 2.45) is 5.92 Å². The molecule has 2 amide bonds. The van der Waals surface area contributed by atoms with Gasteiger partial charge in [0.05, 0.1) is 5.56 Å². The molecule has 0 aliphatic carbocycles. The number of hydrogen-bond donors (Lipinski definition) is 1. The number of likely N-dealkylation sites (tertiary alicyclic amines) is 1. The van der Waals surface area contributed by atoms with Crippen molar-refractivity contribution in [1.29, 1.82) is 0 Å². The Kier molecular flexibility index (Phi) is 5.31. The molecule has 1 aliphatic heterocycles. The summed E-state index contributed by atoms with van der Waals surface area (Å²) in [5, 5.41) is 2.93. The van der Waals surface area contributed by atoms with Crippen LogP contribution in [-0.4, -0.2) is 41.3 Å². The Morgan fingerprint density at radius 2 is 2.05 bits per heavy atom. The van der Waals surface area contributed by atoms with Crippen LogP contribution in [-0.2, 0) is 4.79 Å². The second-order valence-corrected chi connectivity index (χ2v) is 5.55. The van der Waals surface area contributed by atoms with Gasteiger partial charge in [-0.3, -0.25) is 14.6 Å². The quantitative estimate of drug-likeness (QED) is 0.919. The molecular formula is C16H23N3O2. The third-order valence-corrected chi connectivity index (χ3v) is 3.86. The topological polar surface area (TPSA) is 62.3 Å². The largest absolute Gasteiger partial charge is 0.356 e. The van der Waals surface area contributed by atoms with E-state index in [9.17, 15) is 9.59 Å². The maximum absolute atomic E-state index is 12.3. The molecule has 0 aromatic carbocycles. The molecule has 0 bridgehead atoms. The molecule has 5 nitrogen and oxygen atoms in total. The van der Waals surface area contributed by atoms with Gasteiger partial charge in [0, 0.05) is 37.4 Å². The van der Waals surface area contributed by atoms with Gasteiger partial charge in [-0.15, -0.1) is 0 Å². The van der Waals surface area contributed by atoms with E-state index in [1.54, 1.807) is 6.20 Å². The van der Waals surface area contributed by atoms with Crippen LogP contribution < -0.4 is 5.32 Å². The molecule has 21 heavy (non-hydrogen) atoms. The minimum Gasteiger partial charge on any atom is -0.356 e. The van der Waals surface area contributed by atoms with Crippen molar-refractivity contribution in [3.8, 4) is 0 Å². The highest BCUT2D eigenvalue weighted by molar-refractivity contribution is 5.94. The Balaban J connectivity index is 1.87. The minimum atomic E-state index is 0.00918. The number of nitrogens with zero attached hydrogens (tertiary/aromatic N) is 2. The van der Waals surface area contributed by atoms with Gasteiger partial charge in [-0.1, -0.05) is 6.92 Å². The maximum atomic E-state index is 12.3. The van der Waals surface area contributed by atoms with Crippen molar-refractivity contribution in [2.75, 3.05) is 19.6 Å². The number of carbonyl (C=O) groups is 2. The van der Waals surface area contributed by atoms with Crippen LogP contribution in [0.5, 0.6) is 0 Å². The monoisotopic (exact) mass is 289 g/mol. The molecule has 114 valence electrons. The normalized spacial score (nSPS) is 15.8. The van der Waals surface area contributed by atoms with Crippen LogP contribution >= 0.6 is 0 Å². The standard InChI is InChI=1S/C16H23N3O2/c1-3-8-17-15(20)13-6-9-19(10-7-13)16(21)14-5-4-12(2)18-11-14/h4-5,11,13H,3,6-10H2,1-2H3,(H,17,20). The SMILES string of the molecule is CCCNC(=O)C1CCN(C(=O)c2ccc(C)nc2)CC1. The molecule has 0 radical (unpaired) electrons. The molecule has 2 heterocycles. The first-order valence-electron chi connectivity index (χ1n) is 7.61. The summed E-state index contributed by atoms with van der Waals surface area (Å²) in [5.41, 5.74) is 1.52. The number of hydrogen-bond acceptors (Lipinski definition) is 3. The molecular weight excluding hydrogens is 266 g/mol. The van der Waals surface area contributed by atoms with E-state index < -0.39 is 0 Å². The van der Waals surface area contributed by atoms with Crippen LogP contribution in [0.2, 0.25) is 0 Å². The number of aromatic nitrogens is 1. The van der Waals surface area contributed by atoms with Crippen LogP contribution in [0.25, 0.3) is 0 Å². The number of piperidine rings is 1. The highest BCUT2D eigenvalue weighted by atomic mass is 16.2. The molecule has 0 saturated carbocycles. The van der Waals surface area contributed by atoms with E-state index in [4.69, 9.17) is 0 Å². The Morgan fingerprint density at radius 1 is 1.33 bits per heavy atom. The predicted molar refractivity (Wildman–Crippen MR) is 80.9 cm³/mol. The third kappa shape index (κ3) is 4.03. The molecule has 1 aromatic rings. The highest BCUT2D eigenvalue weighted by Gasteiger charge is 2.27. The van der Waals surface area contributed by atoms with Crippen molar-refractivity contribution in [3.05, 3.63) is 29.6 Å². The number of amides is 2. The summed E-state index contributed by atoms with van der Waals surface area (Å²) in [4.78, 5) is 30.2. The maximum Gasteiger partial charge on any atom is 0.255 e. The fourth-order valence-corrected chi connectivity index (χ4v) is 2.51. The summed E-state index contributed by atoms with van der Waals surface area (Å²) < 4.78 is 0. The Morgan fingerprint density at radius 3 is 2.62 bits per heavy atom. The van der Waals surface area contributed by atoms with Gasteiger partial charge >= 0.3 is 0 Å². The van der Waals surface area contributed by atoms with Gasteiger partial charge < -0.3 is 10.2 Å². The number of pyridine rings is 1. The van der Waals surface area contributed by atoms with E-state index in [-0.39, 0.29) is 17.7 Å². The first-order chi connectivity index (χ1) is 10.1. The van der Waals surface area contributed by atoms with Crippen LogP contribution in [0.4, 0.5) is 0 Å². The lowest BCUT2D eigenvalue weighted by Gasteiger charge is -2.31. The molecule has 5 heteroatoms. The van der Waals surface area contributed by atoms with Gasteiger partial charge in [0.25, 0.3) is 5.91 Å². The number of aryl methyl sites for hydroxylation is 1. The van der Waals surface area contributed by atoms with E-state index in [1.165, 1.54) is 0 Å². The molecule has 0 unspecified atom stereocenters. The van der Waals surface area contributed by atoms with Crippen molar-refractivity contribution in [3.63, 3.8) is 0 Å². The van der Waals surface area contributed by atoms with E-state index in [2.05, 4.69) is 10.3 Å². The van der Waals surface area contributed by atoms with Gasteiger partial charge in [-0.2, -0.15) is 0 Å². The number of nitrogens with one attached hydrogen (secondary N) is 1. The lowest BCUT2D eigenvalue weighted by atomic mass is 9.95. The summed E-state index contributed by atoms with van der Waals surface area (Å²) in [7, 11) is 0. The van der Waals surface area contributed by atoms with Gasteiger partial charge in [0.15, 0.2) is 0 Å². The summed E-state index contributed by atoms with van der Waals surface area (Å²) in [6.07, 6.45) is 4.04. The molecule has 1 saturated heterocycles. The van der Waals surface area contributed by atoms with E-state index in [0.29, 0.717) is 18.7 Å². The third-order valence-electron chi connectivity index (χ3n) is 3.86. The zero-order valence-corrected chi connectivity index (χ0v) is 12.8. The Hall–Kier alpha value is -1.91. The van der Waals surface area contributed by atoms with Crippen LogP contribution in [0, 0.1) is 12.8 Å². The zero-order chi connectivity index (χ0) is 15.2. The Bertz CT molecular complexity index is 491. The van der Waals surface area contributed by atoms with Crippen molar-refractivity contribution in [2.45, 2.75) is 33.1 Å². The van der Waals surface area contributed by atoms with Crippen LogP contribution in [0.15, 0.2) is 18.3 Å². The summed E-state index contributed by atoms with van der Waals surface area (Å²) in [6, 6.07) is 3.66. The van der Waals surface area contributed by atoms with Gasteiger partial charge in [0.2, 0.25) is 5.91 Å². The average molecular weight is 289 g/mol. The van der Waals surface area contributed by atoms with Crippen LogP contribution in [0.3, 0.4) is 0 Å². The smallest absolute Gasteiger partial charge is 0.255 e. The van der Waals surface area contributed by atoms with E-state index >= 15 is 0 Å². The fraction of sp³-hybridized carbons (Fsp3) is 0.562. The Labute approximate surface area is 125 Å². The van der Waals surface area contributed by atoms with E-state index in [0.717, 1.165) is 31.5 Å². The molecule has 2 rings (SSSR count). The molecule has 0 atom stereocenters.